The fraction of sp³-hybridized carbons (Fsp3) is 0.889. The maximum Gasteiger partial charge on any atom is 0.217 e. The molecule has 6 nitrogen and oxygen atoms in total. The van der Waals surface area contributed by atoms with Crippen molar-refractivity contribution in [2.45, 2.75) is 57.1 Å². The van der Waals surface area contributed by atoms with Crippen LogP contribution in [0.2, 0.25) is 0 Å². The van der Waals surface area contributed by atoms with Gasteiger partial charge in [-0.3, -0.25) is 9.79 Å². The normalized spacial score (nSPS) is 37.5. The van der Waals surface area contributed by atoms with Crippen LogP contribution in [0.5, 0.6) is 0 Å². The van der Waals surface area contributed by atoms with Crippen molar-refractivity contribution in [1.29, 1.82) is 0 Å². The molecule has 0 aromatic carbocycles. The summed E-state index contributed by atoms with van der Waals surface area (Å²) in [7, 11) is 1.87. The number of nitrogens with one attached hydrogen (secondary N) is 1. The zero-order valence-electron chi connectivity index (χ0n) is 14.7. The van der Waals surface area contributed by atoms with E-state index >= 15 is 0 Å². The SMILES string of the molecule is CN=C(NC1C2CCOC2C12CCC2)N1CCCC(CC(N)=O)C1. The topological polar surface area (TPSA) is 80.0 Å². The van der Waals surface area contributed by atoms with Crippen LogP contribution in [-0.4, -0.2) is 55.7 Å². The van der Waals surface area contributed by atoms with Gasteiger partial charge in [0.15, 0.2) is 5.96 Å². The predicted molar refractivity (Wildman–Crippen MR) is 92.5 cm³/mol. The van der Waals surface area contributed by atoms with Gasteiger partial charge in [-0.05, 0) is 38.0 Å². The molecule has 0 radical (unpaired) electrons. The first-order valence-corrected chi connectivity index (χ1v) is 9.52. The van der Waals surface area contributed by atoms with Gasteiger partial charge >= 0.3 is 0 Å². The quantitative estimate of drug-likeness (QED) is 0.598. The number of fused-ring (bicyclic) bond motifs is 2. The number of hydrogen-bond donors (Lipinski definition) is 2. The Balaban J connectivity index is 1.42. The van der Waals surface area contributed by atoms with E-state index in [1.807, 2.05) is 7.05 Å². The number of carbonyl (C=O) groups is 1. The molecule has 6 heteroatoms. The van der Waals surface area contributed by atoms with Crippen LogP contribution in [0.15, 0.2) is 4.99 Å². The number of nitrogens with two attached hydrogens (primary N) is 1. The molecule has 2 aliphatic heterocycles. The second kappa shape index (κ2) is 6.21. The lowest BCUT2D eigenvalue weighted by Crippen LogP contribution is -2.72. The van der Waals surface area contributed by atoms with Crippen LogP contribution in [0, 0.1) is 17.3 Å². The van der Waals surface area contributed by atoms with E-state index in [4.69, 9.17) is 10.5 Å². The molecule has 2 heterocycles. The Labute approximate surface area is 144 Å². The van der Waals surface area contributed by atoms with Gasteiger partial charge in [0.25, 0.3) is 0 Å². The standard InChI is InChI=1S/C18H30N4O2/c1-20-17(22-8-2-4-12(11-22)10-14(19)23)21-15-13-5-9-24-16(13)18(15)6-3-7-18/h12-13,15-16H,2-11H2,1H3,(H2,19,23)(H,20,21). The van der Waals surface area contributed by atoms with Gasteiger partial charge in [-0.2, -0.15) is 0 Å². The largest absolute Gasteiger partial charge is 0.377 e. The summed E-state index contributed by atoms with van der Waals surface area (Å²) in [6, 6.07) is 0.508. The van der Waals surface area contributed by atoms with Crippen LogP contribution in [0.3, 0.4) is 0 Å². The van der Waals surface area contributed by atoms with Crippen molar-refractivity contribution in [1.82, 2.24) is 10.2 Å². The first-order chi connectivity index (χ1) is 11.6. The number of amides is 1. The van der Waals surface area contributed by atoms with Crippen molar-refractivity contribution in [2.24, 2.45) is 28.0 Å². The third-order valence-electron chi connectivity index (χ3n) is 6.84. The van der Waals surface area contributed by atoms with Gasteiger partial charge in [-0.1, -0.05) is 6.42 Å². The third-order valence-corrected chi connectivity index (χ3v) is 6.84. The molecule has 4 unspecified atom stereocenters. The van der Waals surface area contributed by atoms with Gasteiger partial charge in [0.05, 0.1) is 6.10 Å². The van der Waals surface area contributed by atoms with E-state index in [9.17, 15) is 4.79 Å². The van der Waals surface area contributed by atoms with Crippen LogP contribution in [0.4, 0.5) is 0 Å². The molecule has 24 heavy (non-hydrogen) atoms. The highest BCUT2D eigenvalue weighted by molar-refractivity contribution is 5.81. The Kier molecular flexibility index (Phi) is 4.19. The molecule has 134 valence electrons. The minimum absolute atomic E-state index is 0.192. The molecule has 2 saturated heterocycles. The Morgan fingerprint density at radius 3 is 2.88 bits per heavy atom. The van der Waals surface area contributed by atoms with E-state index in [0.29, 0.717) is 35.8 Å². The molecule has 1 amide bonds. The lowest BCUT2D eigenvalue weighted by molar-refractivity contribution is -0.171. The molecular weight excluding hydrogens is 304 g/mol. The van der Waals surface area contributed by atoms with Crippen molar-refractivity contribution in [3.63, 3.8) is 0 Å². The van der Waals surface area contributed by atoms with Crippen molar-refractivity contribution in [3.8, 4) is 0 Å². The maximum absolute atomic E-state index is 11.2. The summed E-state index contributed by atoms with van der Waals surface area (Å²) in [6.45, 7) is 2.81. The van der Waals surface area contributed by atoms with E-state index in [1.54, 1.807) is 0 Å². The van der Waals surface area contributed by atoms with Crippen LogP contribution < -0.4 is 11.1 Å². The number of likely N-dealkylation sites (tertiary alicyclic amines) is 1. The first kappa shape index (κ1) is 16.2. The fourth-order valence-electron chi connectivity index (χ4n) is 5.60. The number of hydrogen-bond acceptors (Lipinski definition) is 3. The zero-order valence-corrected chi connectivity index (χ0v) is 14.7. The number of nitrogens with zero attached hydrogens (tertiary/aromatic N) is 2. The molecule has 4 aliphatic rings. The summed E-state index contributed by atoms with van der Waals surface area (Å²) >= 11 is 0. The molecule has 4 atom stereocenters. The van der Waals surface area contributed by atoms with Crippen LogP contribution in [-0.2, 0) is 9.53 Å². The maximum atomic E-state index is 11.2. The summed E-state index contributed by atoms with van der Waals surface area (Å²) in [6.07, 6.45) is 8.22. The van der Waals surface area contributed by atoms with Crippen molar-refractivity contribution in [3.05, 3.63) is 0 Å². The summed E-state index contributed by atoms with van der Waals surface area (Å²) < 4.78 is 6.02. The van der Waals surface area contributed by atoms with Gasteiger partial charge in [-0.25, -0.2) is 0 Å². The van der Waals surface area contributed by atoms with E-state index in [1.165, 1.54) is 25.7 Å². The number of carbonyl (C=O) groups excluding carboxylic acids is 1. The van der Waals surface area contributed by atoms with Gasteiger partial charge in [0, 0.05) is 50.5 Å². The lowest BCUT2D eigenvalue weighted by Gasteiger charge is -2.63. The summed E-state index contributed by atoms with van der Waals surface area (Å²) in [5.41, 5.74) is 5.75. The highest BCUT2D eigenvalue weighted by Gasteiger charge is 2.66. The van der Waals surface area contributed by atoms with Crippen molar-refractivity contribution >= 4 is 11.9 Å². The van der Waals surface area contributed by atoms with Gasteiger partial charge in [0.1, 0.15) is 0 Å². The molecule has 4 fully saturated rings. The molecule has 1 spiro atoms. The molecular formula is C18H30N4O2. The van der Waals surface area contributed by atoms with E-state index in [0.717, 1.165) is 38.5 Å². The Hall–Kier alpha value is -1.30. The Bertz CT molecular complexity index is 531. The number of rotatable bonds is 3. The number of ether oxygens (including phenoxy) is 1. The average Bonchev–Trinajstić information content (AvgIpc) is 2.91. The summed E-state index contributed by atoms with van der Waals surface area (Å²) in [5.74, 6) is 1.82. The van der Waals surface area contributed by atoms with Crippen LogP contribution in [0.25, 0.3) is 0 Å². The Morgan fingerprint density at radius 1 is 1.38 bits per heavy atom. The number of aliphatic imine (C=N–C) groups is 1. The van der Waals surface area contributed by atoms with Gasteiger partial charge < -0.3 is 20.7 Å². The smallest absolute Gasteiger partial charge is 0.217 e. The monoisotopic (exact) mass is 334 g/mol. The van der Waals surface area contributed by atoms with Crippen molar-refractivity contribution in [2.75, 3.05) is 26.7 Å². The van der Waals surface area contributed by atoms with Crippen LogP contribution in [0.1, 0.15) is 44.9 Å². The fourth-order valence-corrected chi connectivity index (χ4v) is 5.60. The molecule has 0 bridgehead atoms. The molecule has 0 aromatic rings. The second-order valence-electron chi connectivity index (χ2n) is 8.12. The summed E-state index contributed by atoms with van der Waals surface area (Å²) in [5, 5.41) is 3.79. The number of primary amides is 1. The minimum atomic E-state index is -0.192. The van der Waals surface area contributed by atoms with Gasteiger partial charge in [-0.15, -0.1) is 0 Å². The number of guanidine groups is 1. The summed E-state index contributed by atoms with van der Waals surface area (Å²) in [4.78, 5) is 18.1. The Morgan fingerprint density at radius 2 is 2.21 bits per heavy atom. The minimum Gasteiger partial charge on any atom is -0.377 e. The van der Waals surface area contributed by atoms with E-state index in [-0.39, 0.29) is 5.91 Å². The van der Waals surface area contributed by atoms with Crippen LogP contribution >= 0.6 is 0 Å². The highest BCUT2D eigenvalue weighted by Crippen LogP contribution is 2.62. The highest BCUT2D eigenvalue weighted by atomic mass is 16.5. The first-order valence-electron chi connectivity index (χ1n) is 9.52. The molecule has 4 rings (SSSR count). The second-order valence-corrected chi connectivity index (χ2v) is 8.12. The third kappa shape index (κ3) is 2.50. The zero-order chi connectivity index (χ0) is 16.7. The molecule has 2 saturated carbocycles. The van der Waals surface area contributed by atoms with E-state index < -0.39 is 0 Å². The van der Waals surface area contributed by atoms with E-state index in [2.05, 4.69) is 15.2 Å². The predicted octanol–water partition coefficient (Wildman–Crippen LogP) is 1.11. The number of piperidine rings is 1. The average molecular weight is 334 g/mol. The molecule has 3 N–H and O–H groups in total. The van der Waals surface area contributed by atoms with Crippen molar-refractivity contribution < 1.29 is 9.53 Å². The molecule has 0 aromatic heterocycles. The lowest BCUT2D eigenvalue weighted by atomic mass is 9.46. The van der Waals surface area contributed by atoms with Gasteiger partial charge in [0.2, 0.25) is 5.91 Å². The molecule has 2 aliphatic carbocycles.